The van der Waals surface area contributed by atoms with Crippen LogP contribution in [-0.4, -0.2) is 47.7 Å². The number of phenols is 1. The van der Waals surface area contributed by atoms with Gasteiger partial charge >= 0.3 is 11.4 Å². The number of methoxy groups -OCH3 is 1. The van der Waals surface area contributed by atoms with Gasteiger partial charge in [0, 0.05) is 17.9 Å². The van der Waals surface area contributed by atoms with E-state index in [9.17, 15) is 28.7 Å². The molecule has 3 heterocycles. The molecule has 0 radical (unpaired) electrons. The molecule has 44 heavy (non-hydrogen) atoms. The molecule has 10 nitrogen and oxygen atoms in total. The van der Waals surface area contributed by atoms with E-state index in [1.807, 2.05) is 0 Å². The van der Waals surface area contributed by atoms with E-state index in [2.05, 4.69) is 0 Å². The van der Waals surface area contributed by atoms with Gasteiger partial charge in [0.1, 0.15) is 17.3 Å². The van der Waals surface area contributed by atoms with Crippen LogP contribution in [0.1, 0.15) is 23.9 Å². The quantitative estimate of drug-likeness (QED) is 0.207. The summed E-state index contributed by atoms with van der Waals surface area (Å²) in [5.41, 5.74) is -0.350. The number of amides is 2. The van der Waals surface area contributed by atoms with Crippen LogP contribution in [-0.2, 0) is 16.1 Å². The Morgan fingerprint density at radius 2 is 1.61 bits per heavy atom. The Bertz CT molecular complexity index is 2020. The molecular formula is C31H23Cl2FN4O6. The molecule has 3 aliphatic rings. The summed E-state index contributed by atoms with van der Waals surface area (Å²) in [7, 11) is 1.42. The number of aromatic nitrogens is 3. The molecule has 2 amide bonds. The van der Waals surface area contributed by atoms with Crippen molar-refractivity contribution in [3.05, 3.63) is 117 Å². The SMILES string of the molecule is COc1ccc(O)c([C@H]2C3=CCn4c(=O)n(-c5ccccc5)c(=O)n4[C@@H]3C[C@@]3(Cl)C(=O)N(c4ccc(F)cc4)C(=O)[C@@]23Cl)c1. The molecular weight excluding hydrogens is 614 g/mol. The number of hydrogen-bond donors (Lipinski definition) is 1. The normalized spacial score (nSPS) is 25.7. The summed E-state index contributed by atoms with van der Waals surface area (Å²) < 4.78 is 22.7. The highest BCUT2D eigenvalue weighted by Crippen LogP contribution is 2.64. The van der Waals surface area contributed by atoms with Crippen molar-refractivity contribution in [3.8, 4) is 17.2 Å². The summed E-state index contributed by atoms with van der Waals surface area (Å²) in [6.07, 6.45) is 1.33. The van der Waals surface area contributed by atoms with Crippen molar-refractivity contribution in [1.29, 1.82) is 0 Å². The lowest BCUT2D eigenvalue weighted by Crippen LogP contribution is -2.59. The summed E-state index contributed by atoms with van der Waals surface area (Å²) in [5, 5.41) is 11.1. The maximum Gasteiger partial charge on any atom is 0.352 e. The maximum atomic E-state index is 14.4. The molecule has 13 heteroatoms. The fourth-order valence-electron chi connectivity index (χ4n) is 6.70. The second-order valence-corrected chi connectivity index (χ2v) is 12.1. The number of halogens is 3. The number of para-hydroxylation sites is 1. The van der Waals surface area contributed by atoms with Crippen molar-refractivity contribution in [3.63, 3.8) is 0 Å². The Hall–Kier alpha value is -4.61. The topological polar surface area (TPSA) is 116 Å². The average Bonchev–Trinajstić information content (AvgIpc) is 3.36. The van der Waals surface area contributed by atoms with Gasteiger partial charge in [0.05, 0.1) is 31.1 Å². The number of rotatable bonds is 4. The van der Waals surface area contributed by atoms with E-state index >= 15 is 0 Å². The Kier molecular flexibility index (Phi) is 6.21. The number of aromatic hydroxyl groups is 1. The lowest BCUT2D eigenvalue weighted by Gasteiger charge is -2.49. The highest BCUT2D eigenvalue weighted by atomic mass is 35.5. The van der Waals surface area contributed by atoms with E-state index in [4.69, 9.17) is 27.9 Å². The number of hydrogen-bond acceptors (Lipinski definition) is 6. The molecule has 0 spiro atoms. The fraction of sp³-hybridized carbons (Fsp3) is 0.226. The number of alkyl halides is 2. The summed E-state index contributed by atoms with van der Waals surface area (Å²) in [5.74, 6) is -3.53. The van der Waals surface area contributed by atoms with Gasteiger partial charge in [-0.2, -0.15) is 0 Å². The number of carbonyl (C=O) groups is 2. The molecule has 4 aromatic rings. The van der Waals surface area contributed by atoms with Gasteiger partial charge in [-0.05, 0) is 60.2 Å². The molecule has 0 unspecified atom stereocenters. The minimum Gasteiger partial charge on any atom is -0.508 e. The largest absolute Gasteiger partial charge is 0.508 e. The van der Waals surface area contributed by atoms with Crippen molar-refractivity contribution in [1.82, 2.24) is 13.9 Å². The number of imide groups is 1. The Morgan fingerprint density at radius 1 is 0.909 bits per heavy atom. The van der Waals surface area contributed by atoms with Gasteiger partial charge in [0.2, 0.25) is 0 Å². The van der Waals surface area contributed by atoms with Gasteiger partial charge < -0.3 is 9.84 Å². The molecule has 7 rings (SSSR count). The van der Waals surface area contributed by atoms with Crippen LogP contribution in [0.2, 0.25) is 0 Å². The summed E-state index contributed by atoms with van der Waals surface area (Å²) >= 11 is 14.6. The number of fused-ring (bicyclic) bond motifs is 4. The summed E-state index contributed by atoms with van der Waals surface area (Å²) in [6.45, 7) is -0.0625. The van der Waals surface area contributed by atoms with Gasteiger partial charge in [-0.1, -0.05) is 24.3 Å². The third-order valence-corrected chi connectivity index (χ3v) is 10.1. The van der Waals surface area contributed by atoms with Crippen LogP contribution in [0.4, 0.5) is 10.1 Å². The van der Waals surface area contributed by atoms with Gasteiger partial charge in [-0.25, -0.2) is 32.8 Å². The van der Waals surface area contributed by atoms with E-state index in [0.29, 0.717) is 17.0 Å². The summed E-state index contributed by atoms with van der Waals surface area (Å²) in [6, 6.07) is 16.4. The lowest BCUT2D eigenvalue weighted by atomic mass is 9.64. The molecule has 0 bridgehead atoms. The first-order chi connectivity index (χ1) is 21.0. The van der Waals surface area contributed by atoms with Crippen LogP contribution in [0.15, 0.2) is 94.0 Å². The van der Waals surface area contributed by atoms with Crippen molar-refractivity contribution in [2.45, 2.75) is 34.7 Å². The monoisotopic (exact) mass is 636 g/mol. The lowest BCUT2D eigenvalue weighted by molar-refractivity contribution is -0.122. The maximum absolute atomic E-state index is 14.4. The number of anilines is 1. The minimum absolute atomic E-state index is 0.0470. The predicted octanol–water partition coefficient (Wildman–Crippen LogP) is 3.85. The molecule has 4 atom stereocenters. The minimum atomic E-state index is -2.21. The Morgan fingerprint density at radius 3 is 2.30 bits per heavy atom. The zero-order valence-corrected chi connectivity index (χ0v) is 24.5. The zero-order valence-electron chi connectivity index (χ0n) is 23.0. The zero-order chi connectivity index (χ0) is 31.1. The average molecular weight is 637 g/mol. The van der Waals surface area contributed by atoms with E-state index in [1.54, 1.807) is 36.4 Å². The smallest absolute Gasteiger partial charge is 0.352 e. The van der Waals surface area contributed by atoms with Crippen molar-refractivity contribution < 1.29 is 23.8 Å². The highest BCUT2D eigenvalue weighted by molar-refractivity contribution is 6.58. The Balaban J connectivity index is 1.49. The number of carbonyl (C=O) groups excluding carboxylic acids is 2. The van der Waals surface area contributed by atoms with Crippen molar-refractivity contribution in [2.24, 2.45) is 0 Å². The van der Waals surface area contributed by atoms with Crippen LogP contribution >= 0.6 is 23.2 Å². The van der Waals surface area contributed by atoms with Crippen LogP contribution in [0.5, 0.6) is 11.5 Å². The van der Waals surface area contributed by atoms with Crippen LogP contribution in [0.25, 0.3) is 5.69 Å². The number of phenolic OH excluding ortho intramolecular Hbond substituents is 1. The van der Waals surface area contributed by atoms with E-state index < -0.39 is 50.7 Å². The van der Waals surface area contributed by atoms with E-state index in [1.165, 1.54) is 46.8 Å². The number of benzene rings is 3. The summed E-state index contributed by atoms with van der Waals surface area (Å²) in [4.78, 5) is 52.6. The van der Waals surface area contributed by atoms with Gasteiger partial charge in [0.25, 0.3) is 11.8 Å². The van der Waals surface area contributed by atoms with E-state index in [-0.39, 0.29) is 30.0 Å². The Labute approximate surface area is 258 Å². The van der Waals surface area contributed by atoms with Crippen LogP contribution < -0.4 is 21.0 Å². The third kappa shape index (κ3) is 3.59. The molecule has 224 valence electrons. The van der Waals surface area contributed by atoms with E-state index in [0.717, 1.165) is 21.6 Å². The molecule has 1 aliphatic carbocycles. The first kappa shape index (κ1) is 28.2. The van der Waals surface area contributed by atoms with Gasteiger partial charge in [0.15, 0.2) is 9.75 Å². The molecule has 1 aromatic heterocycles. The van der Waals surface area contributed by atoms with Crippen molar-refractivity contribution in [2.75, 3.05) is 12.0 Å². The first-order valence-electron chi connectivity index (χ1n) is 13.6. The van der Waals surface area contributed by atoms with Crippen LogP contribution in [0, 0.1) is 5.82 Å². The number of allylic oxidation sites excluding steroid dienone is 2. The third-order valence-electron chi connectivity index (χ3n) is 8.72. The first-order valence-corrected chi connectivity index (χ1v) is 14.4. The number of ether oxygens (including phenoxy) is 1. The second-order valence-electron chi connectivity index (χ2n) is 10.9. The highest BCUT2D eigenvalue weighted by Gasteiger charge is 2.76. The standard InChI is InChI=1S/C31H23Cl2FN4O6/c1-44-20-11-12-24(39)22(15-20)25-21-13-14-35-28(42)37(18-5-3-2-4-6-18)29(43)38(35)23(21)16-30(32)26(40)36(27(41)31(25,30)33)19-9-7-17(34)8-10-19/h2-13,15,23,25,39H,14,16H2,1H3/t23-,25-,30-,31+/m1/s1. The molecule has 3 aromatic carbocycles. The second kappa shape index (κ2) is 9.70. The van der Waals surface area contributed by atoms with Crippen molar-refractivity contribution >= 4 is 40.7 Å². The predicted molar refractivity (Wildman–Crippen MR) is 159 cm³/mol. The molecule has 2 fully saturated rings. The molecule has 1 saturated heterocycles. The molecule has 1 saturated carbocycles. The fourth-order valence-corrected chi connectivity index (χ4v) is 7.60. The molecule has 2 aliphatic heterocycles. The van der Waals surface area contributed by atoms with Crippen LogP contribution in [0.3, 0.4) is 0 Å². The number of nitrogens with zero attached hydrogens (tertiary/aromatic N) is 4. The van der Waals surface area contributed by atoms with Gasteiger partial charge in [-0.15, -0.1) is 23.2 Å². The molecule has 1 N–H and O–H groups in total. The van der Waals surface area contributed by atoms with Gasteiger partial charge in [-0.3, -0.25) is 9.59 Å².